The minimum absolute atomic E-state index is 0.0377. The molecule has 3 heterocycles. The molecular formula is C15H12ClFN6. The Kier molecular flexibility index (Phi) is 2.92. The van der Waals surface area contributed by atoms with E-state index in [0.717, 1.165) is 10.9 Å². The summed E-state index contributed by atoms with van der Waals surface area (Å²) in [5.41, 5.74) is 8.58. The third-order valence-electron chi connectivity index (χ3n) is 3.80. The van der Waals surface area contributed by atoms with Crippen molar-refractivity contribution in [2.45, 2.75) is 0 Å². The molecule has 0 aliphatic rings. The van der Waals surface area contributed by atoms with Crippen molar-refractivity contribution in [3.8, 4) is 11.1 Å². The summed E-state index contributed by atoms with van der Waals surface area (Å²) in [6.07, 6.45) is 5.13. The average molecular weight is 331 g/mol. The Balaban J connectivity index is 2.07. The predicted molar refractivity (Wildman–Crippen MR) is 89.2 cm³/mol. The van der Waals surface area contributed by atoms with Crippen LogP contribution in [0.2, 0.25) is 5.02 Å². The van der Waals surface area contributed by atoms with Crippen LogP contribution in [0.15, 0.2) is 30.7 Å². The Bertz CT molecular complexity index is 1050. The van der Waals surface area contributed by atoms with E-state index in [1.807, 2.05) is 12.3 Å². The van der Waals surface area contributed by atoms with Crippen molar-refractivity contribution >= 4 is 39.7 Å². The third-order valence-corrected chi connectivity index (χ3v) is 4.15. The first-order valence-electron chi connectivity index (χ1n) is 6.86. The molecule has 0 radical (unpaired) electrons. The topological polar surface area (TPSA) is 84.0 Å². The van der Waals surface area contributed by atoms with Crippen molar-refractivity contribution in [1.82, 2.24) is 19.6 Å². The normalized spacial score (nSPS) is 11.4. The number of halogens is 2. The number of nitrogens with one attached hydrogen (secondary N) is 2. The van der Waals surface area contributed by atoms with Crippen LogP contribution in [0.25, 0.3) is 27.7 Å². The second kappa shape index (κ2) is 4.85. The van der Waals surface area contributed by atoms with Crippen molar-refractivity contribution in [3.63, 3.8) is 0 Å². The van der Waals surface area contributed by atoms with E-state index in [-0.39, 0.29) is 5.02 Å². The van der Waals surface area contributed by atoms with Crippen molar-refractivity contribution in [1.29, 1.82) is 0 Å². The fourth-order valence-electron chi connectivity index (χ4n) is 2.79. The van der Waals surface area contributed by atoms with E-state index in [9.17, 15) is 4.39 Å². The molecule has 6 nitrogen and oxygen atoms in total. The predicted octanol–water partition coefficient (Wildman–Crippen LogP) is 3.29. The summed E-state index contributed by atoms with van der Waals surface area (Å²) in [4.78, 5) is 4.17. The highest BCUT2D eigenvalue weighted by Gasteiger charge is 2.20. The van der Waals surface area contributed by atoms with E-state index in [1.165, 1.54) is 0 Å². The van der Waals surface area contributed by atoms with Crippen molar-refractivity contribution < 1.29 is 4.39 Å². The maximum atomic E-state index is 14.6. The number of rotatable bonds is 2. The Hall–Kier alpha value is -2.80. The maximum Gasteiger partial charge on any atom is 0.167 e. The number of aromatic amines is 1. The summed E-state index contributed by atoms with van der Waals surface area (Å²) in [7, 11) is 1.63. The minimum Gasteiger partial charge on any atom is -0.384 e. The Morgan fingerprint density at radius 2 is 2.17 bits per heavy atom. The van der Waals surface area contributed by atoms with Crippen LogP contribution >= 0.6 is 11.6 Å². The molecule has 1 aromatic carbocycles. The van der Waals surface area contributed by atoms with Gasteiger partial charge in [0.2, 0.25) is 0 Å². The lowest BCUT2D eigenvalue weighted by atomic mass is 10.0. The van der Waals surface area contributed by atoms with Gasteiger partial charge in [0.25, 0.3) is 0 Å². The second-order valence-electron chi connectivity index (χ2n) is 5.14. The number of hydrogen-bond donors (Lipinski definition) is 3. The SMILES string of the molecule is CNc1c(F)c(Cl)c(-c2ccc3nc(N)cn3c2)c2cn[nH]c12. The minimum atomic E-state index is -0.522. The summed E-state index contributed by atoms with van der Waals surface area (Å²) in [6, 6.07) is 3.63. The number of nitrogens with zero attached hydrogens (tertiary/aromatic N) is 3. The molecule has 0 saturated heterocycles. The number of aromatic nitrogens is 4. The molecule has 0 saturated carbocycles. The maximum absolute atomic E-state index is 14.6. The summed E-state index contributed by atoms with van der Waals surface area (Å²) in [5.74, 6) is -0.107. The summed E-state index contributed by atoms with van der Waals surface area (Å²) in [6.45, 7) is 0. The summed E-state index contributed by atoms with van der Waals surface area (Å²) >= 11 is 6.30. The Labute approximate surface area is 135 Å². The molecule has 3 aromatic heterocycles. The van der Waals surface area contributed by atoms with Crippen LogP contribution in [0.5, 0.6) is 0 Å². The standard InChI is InChI=1S/C15H12ClFN6/c1-19-15-13(17)12(16)11(8-4-20-22-14(8)15)7-2-3-10-21-9(18)6-23(10)5-7/h2-6,19H,18H2,1H3,(H,20,22). The lowest BCUT2D eigenvalue weighted by Crippen LogP contribution is -1.97. The number of nitrogens with two attached hydrogens (primary N) is 1. The molecular weight excluding hydrogens is 319 g/mol. The van der Waals surface area contributed by atoms with Gasteiger partial charge in [-0.25, -0.2) is 9.37 Å². The van der Waals surface area contributed by atoms with Crippen LogP contribution in [0.3, 0.4) is 0 Å². The molecule has 4 rings (SSSR count). The van der Waals surface area contributed by atoms with Gasteiger partial charge in [-0.3, -0.25) is 5.10 Å². The van der Waals surface area contributed by atoms with Crippen molar-refractivity contribution in [2.75, 3.05) is 18.1 Å². The van der Waals surface area contributed by atoms with Crippen molar-refractivity contribution in [2.24, 2.45) is 0 Å². The first kappa shape index (κ1) is 13.8. The number of hydrogen-bond acceptors (Lipinski definition) is 4. The highest BCUT2D eigenvalue weighted by Crippen LogP contribution is 2.41. The molecule has 0 aliphatic heterocycles. The molecule has 0 unspecified atom stereocenters. The van der Waals surface area contributed by atoms with Crippen LogP contribution in [0.4, 0.5) is 15.9 Å². The van der Waals surface area contributed by atoms with Crippen molar-refractivity contribution in [3.05, 3.63) is 41.6 Å². The second-order valence-corrected chi connectivity index (χ2v) is 5.51. The molecule has 0 bridgehead atoms. The van der Waals surface area contributed by atoms with Gasteiger partial charge in [-0.05, 0) is 12.1 Å². The van der Waals surface area contributed by atoms with E-state index in [2.05, 4.69) is 20.5 Å². The third kappa shape index (κ3) is 1.93. The molecule has 4 N–H and O–H groups in total. The van der Waals surface area contributed by atoms with Crippen LogP contribution in [0, 0.1) is 5.82 Å². The quantitative estimate of drug-likeness (QED) is 0.526. The number of fused-ring (bicyclic) bond motifs is 2. The number of anilines is 2. The van der Waals surface area contributed by atoms with E-state index < -0.39 is 5.82 Å². The van der Waals surface area contributed by atoms with E-state index in [1.54, 1.807) is 29.9 Å². The van der Waals surface area contributed by atoms with Gasteiger partial charge in [-0.1, -0.05) is 11.6 Å². The number of nitrogen functional groups attached to an aromatic ring is 1. The van der Waals surface area contributed by atoms with Crippen LogP contribution in [0.1, 0.15) is 0 Å². The molecule has 0 aliphatic carbocycles. The first-order chi connectivity index (χ1) is 11.1. The summed E-state index contributed by atoms with van der Waals surface area (Å²) in [5, 5.41) is 10.4. The molecule has 4 aromatic rings. The van der Waals surface area contributed by atoms with Gasteiger partial charge in [0.15, 0.2) is 5.82 Å². The highest BCUT2D eigenvalue weighted by atomic mass is 35.5. The van der Waals surface area contributed by atoms with E-state index in [4.69, 9.17) is 17.3 Å². The van der Waals surface area contributed by atoms with Gasteiger partial charge in [0, 0.05) is 29.8 Å². The zero-order chi connectivity index (χ0) is 16.1. The molecule has 0 amide bonds. The highest BCUT2D eigenvalue weighted by molar-refractivity contribution is 6.36. The zero-order valence-electron chi connectivity index (χ0n) is 12.1. The fourth-order valence-corrected chi connectivity index (χ4v) is 3.10. The molecule has 23 heavy (non-hydrogen) atoms. The Morgan fingerprint density at radius 3 is 2.96 bits per heavy atom. The first-order valence-corrected chi connectivity index (χ1v) is 7.24. The van der Waals surface area contributed by atoms with Gasteiger partial charge < -0.3 is 15.5 Å². The molecule has 8 heteroatoms. The van der Waals surface area contributed by atoms with Crippen LogP contribution in [-0.4, -0.2) is 26.6 Å². The number of benzene rings is 1. The number of H-pyrrole nitrogens is 1. The lowest BCUT2D eigenvalue weighted by Gasteiger charge is -2.12. The van der Waals surface area contributed by atoms with Gasteiger partial charge in [-0.2, -0.15) is 5.10 Å². The molecule has 0 atom stereocenters. The zero-order valence-corrected chi connectivity index (χ0v) is 12.8. The van der Waals surface area contributed by atoms with Crippen LogP contribution in [-0.2, 0) is 0 Å². The lowest BCUT2D eigenvalue weighted by molar-refractivity contribution is 0.633. The fraction of sp³-hybridized carbons (Fsp3) is 0.0667. The largest absolute Gasteiger partial charge is 0.384 e. The average Bonchev–Trinajstić information content (AvgIpc) is 3.13. The van der Waals surface area contributed by atoms with Crippen LogP contribution < -0.4 is 11.1 Å². The van der Waals surface area contributed by atoms with E-state index >= 15 is 0 Å². The molecule has 116 valence electrons. The monoisotopic (exact) mass is 330 g/mol. The van der Waals surface area contributed by atoms with E-state index in [0.29, 0.717) is 28.2 Å². The number of pyridine rings is 1. The molecule has 0 fully saturated rings. The smallest absolute Gasteiger partial charge is 0.167 e. The summed E-state index contributed by atoms with van der Waals surface area (Å²) < 4.78 is 16.4. The van der Waals surface area contributed by atoms with Gasteiger partial charge >= 0.3 is 0 Å². The molecule has 0 spiro atoms. The van der Waals surface area contributed by atoms with Gasteiger partial charge in [0.05, 0.1) is 28.6 Å². The van der Waals surface area contributed by atoms with Gasteiger partial charge in [-0.15, -0.1) is 0 Å². The Morgan fingerprint density at radius 1 is 1.35 bits per heavy atom. The van der Waals surface area contributed by atoms with Gasteiger partial charge in [0.1, 0.15) is 11.5 Å². The number of imidazole rings is 1.